The normalized spacial score (nSPS) is 11.4. The SMILES string of the molecule is Cc1ccnc(-n2c3ccccc3c3ccc(Oc4ccc5cccc(S)c5n4)cc32)c1. The molecule has 5 heteroatoms. The van der Waals surface area contributed by atoms with Crippen molar-refractivity contribution in [2.45, 2.75) is 11.8 Å². The van der Waals surface area contributed by atoms with E-state index in [0.29, 0.717) is 5.88 Å². The molecule has 0 N–H and O–H groups in total. The van der Waals surface area contributed by atoms with Gasteiger partial charge in [-0.25, -0.2) is 9.97 Å². The first-order valence-electron chi connectivity index (χ1n) is 10.4. The maximum absolute atomic E-state index is 6.18. The third kappa shape index (κ3) is 3.10. The number of hydrogen-bond donors (Lipinski definition) is 1. The summed E-state index contributed by atoms with van der Waals surface area (Å²) in [5, 5.41) is 3.37. The minimum atomic E-state index is 0.537. The Morgan fingerprint density at radius 2 is 1.69 bits per heavy atom. The summed E-state index contributed by atoms with van der Waals surface area (Å²) in [5.74, 6) is 2.14. The van der Waals surface area contributed by atoms with Crippen LogP contribution in [0, 0.1) is 6.92 Å². The summed E-state index contributed by atoms with van der Waals surface area (Å²) in [5.41, 5.74) is 4.14. The molecule has 0 atom stereocenters. The van der Waals surface area contributed by atoms with Crippen molar-refractivity contribution in [1.29, 1.82) is 0 Å². The van der Waals surface area contributed by atoms with Crippen LogP contribution in [-0.2, 0) is 0 Å². The van der Waals surface area contributed by atoms with E-state index in [-0.39, 0.29) is 0 Å². The van der Waals surface area contributed by atoms with E-state index in [0.717, 1.165) is 49.3 Å². The number of ether oxygens (including phenoxy) is 1. The van der Waals surface area contributed by atoms with Gasteiger partial charge in [0.1, 0.15) is 11.6 Å². The molecule has 0 saturated heterocycles. The molecule has 6 aromatic rings. The topological polar surface area (TPSA) is 39.9 Å². The number of aromatic nitrogens is 3. The van der Waals surface area contributed by atoms with Crippen molar-refractivity contribution in [3.8, 4) is 17.4 Å². The standard InChI is InChI=1S/C27H19N3OS/c1-17-13-14-28-25(15-17)30-22-7-3-2-6-20(22)21-11-10-19(16-23(21)30)31-26-12-9-18-5-4-8-24(32)27(18)29-26/h2-16,32H,1H3. The molecular weight excluding hydrogens is 414 g/mol. The number of nitrogens with zero attached hydrogens (tertiary/aromatic N) is 3. The molecule has 0 amide bonds. The smallest absolute Gasteiger partial charge is 0.219 e. The molecule has 0 aliphatic rings. The summed E-state index contributed by atoms with van der Waals surface area (Å²) in [4.78, 5) is 10.1. The molecule has 0 radical (unpaired) electrons. The van der Waals surface area contributed by atoms with E-state index in [1.165, 1.54) is 5.39 Å². The van der Waals surface area contributed by atoms with Crippen LogP contribution in [0.25, 0.3) is 38.5 Å². The molecule has 6 rings (SSSR count). The van der Waals surface area contributed by atoms with Crippen LogP contribution in [0.2, 0.25) is 0 Å². The van der Waals surface area contributed by atoms with Gasteiger partial charge in [0.2, 0.25) is 5.88 Å². The van der Waals surface area contributed by atoms with Crippen LogP contribution < -0.4 is 4.74 Å². The largest absolute Gasteiger partial charge is 0.439 e. The Morgan fingerprint density at radius 1 is 0.812 bits per heavy atom. The van der Waals surface area contributed by atoms with Crippen LogP contribution in [0.5, 0.6) is 11.6 Å². The van der Waals surface area contributed by atoms with E-state index in [4.69, 9.17) is 4.74 Å². The van der Waals surface area contributed by atoms with Gasteiger partial charge >= 0.3 is 0 Å². The fourth-order valence-corrected chi connectivity index (χ4v) is 4.46. The second-order valence-electron chi connectivity index (χ2n) is 7.82. The Bertz CT molecular complexity index is 1640. The van der Waals surface area contributed by atoms with Crippen LogP contribution in [0.1, 0.15) is 5.56 Å². The van der Waals surface area contributed by atoms with Gasteiger partial charge in [0.25, 0.3) is 0 Å². The molecule has 0 spiro atoms. The van der Waals surface area contributed by atoms with Crippen molar-refractivity contribution in [3.05, 3.63) is 96.7 Å². The van der Waals surface area contributed by atoms with Gasteiger partial charge in [0, 0.05) is 39.4 Å². The molecule has 3 aromatic heterocycles. The molecule has 3 aromatic carbocycles. The molecule has 0 fully saturated rings. The highest BCUT2D eigenvalue weighted by molar-refractivity contribution is 7.80. The van der Waals surface area contributed by atoms with Crippen molar-refractivity contribution >= 4 is 45.3 Å². The van der Waals surface area contributed by atoms with Crippen LogP contribution in [0.3, 0.4) is 0 Å². The van der Waals surface area contributed by atoms with Crippen molar-refractivity contribution in [3.63, 3.8) is 0 Å². The Morgan fingerprint density at radius 3 is 2.59 bits per heavy atom. The van der Waals surface area contributed by atoms with Crippen molar-refractivity contribution in [1.82, 2.24) is 14.5 Å². The first kappa shape index (κ1) is 18.9. The molecule has 0 aliphatic carbocycles. The molecule has 0 unspecified atom stereocenters. The lowest BCUT2D eigenvalue weighted by Crippen LogP contribution is -1.97. The van der Waals surface area contributed by atoms with E-state index in [1.54, 1.807) is 0 Å². The number of benzene rings is 3. The van der Waals surface area contributed by atoms with Gasteiger partial charge in [-0.15, -0.1) is 12.6 Å². The van der Waals surface area contributed by atoms with Crippen molar-refractivity contribution in [2.75, 3.05) is 0 Å². The van der Waals surface area contributed by atoms with Crippen molar-refractivity contribution in [2.24, 2.45) is 0 Å². The quantitative estimate of drug-likeness (QED) is 0.302. The molecule has 0 saturated carbocycles. The number of hydrogen-bond acceptors (Lipinski definition) is 4. The van der Waals surface area contributed by atoms with Gasteiger partial charge in [-0.2, -0.15) is 0 Å². The van der Waals surface area contributed by atoms with Crippen LogP contribution in [0.4, 0.5) is 0 Å². The zero-order chi connectivity index (χ0) is 21.7. The van der Waals surface area contributed by atoms with E-state index in [2.05, 4.69) is 76.6 Å². The second-order valence-corrected chi connectivity index (χ2v) is 8.31. The Kier molecular flexibility index (Phi) is 4.37. The zero-order valence-corrected chi connectivity index (χ0v) is 18.3. The molecular formula is C27H19N3OS. The lowest BCUT2D eigenvalue weighted by molar-refractivity contribution is 0.465. The maximum Gasteiger partial charge on any atom is 0.219 e. The summed E-state index contributed by atoms with van der Waals surface area (Å²) in [6, 6.07) is 28.4. The minimum Gasteiger partial charge on any atom is -0.439 e. The number of aryl methyl sites for hydroxylation is 1. The summed E-state index contributed by atoms with van der Waals surface area (Å²) in [6.45, 7) is 2.08. The van der Waals surface area contributed by atoms with Crippen LogP contribution in [0.15, 0.2) is 96.0 Å². The van der Waals surface area contributed by atoms with Gasteiger partial charge in [0.05, 0.1) is 16.6 Å². The maximum atomic E-state index is 6.18. The highest BCUT2D eigenvalue weighted by atomic mass is 32.1. The van der Waals surface area contributed by atoms with E-state index in [1.807, 2.05) is 48.7 Å². The zero-order valence-electron chi connectivity index (χ0n) is 17.4. The molecule has 154 valence electrons. The molecule has 3 heterocycles. The van der Waals surface area contributed by atoms with Crippen LogP contribution >= 0.6 is 12.6 Å². The van der Waals surface area contributed by atoms with Gasteiger partial charge in [-0.05, 0) is 55.0 Å². The molecule has 4 nitrogen and oxygen atoms in total. The van der Waals surface area contributed by atoms with Crippen molar-refractivity contribution < 1.29 is 4.74 Å². The Labute approximate surface area is 190 Å². The number of fused-ring (bicyclic) bond motifs is 4. The number of thiol groups is 1. The lowest BCUT2D eigenvalue weighted by atomic mass is 10.1. The monoisotopic (exact) mass is 433 g/mol. The van der Waals surface area contributed by atoms with Gasteiger partial charge in [-0.3, -0.25) is 4.57 Å². The van der Waals surface area contributed by atoms with E-state index < -0.39 is 0 Å². The third-order valence-corrected chi connectivity index (χ3v) is 6.03. The summed E-state index contributed by atoms with van der Waals surface area (Å²) in [7, 11) is 0. The number of para-hydroxylation sites is 2. The highest BCUT2D eigenvalue weighted by Crippen LogP contribution is 2.35. The lowest BCUT2D eigenvalue weighted by Gasteiger charge is -2.10. The Hall–Kier alpha value is -3.83. The number of rotatable bonds is 3. The highest BCUT2D eigenvalue weighted by Gasteiger charge is 2.14. The van der Waals surface area contributed by atoms with Gasteiger partial charge in [0.15, 0.2) is 0 Å². The van der Waals surface area contributed by atoms with Gasteiger partial charge < -0.3 is 4.74 Å². The molecule has 0 bridgehead atoms. The van der Waals surface area contributed by atoms with E-state index in [9.17, 15) is 0 Å². The minimum absolute atomic E-state index is 0.537. The number of pyridine rings is 2. The predicted octanol–water partition coefficient (Wildman–Crippen LogP) is 7.12. The van der Waals surface area contributed by atoms with Crippen LogP contribution in [-0.4, -0.2) is 14.5 Å². The summed E-state index contributed by atoms with van der Waals surface area (Å²) in [6.07, 6.45) is 1.85. The van der Waals surface area contributed by atoms with Gasteiger partial charge in [-0.1, -0.05) is 30.3 Å². The second kappa shape index (κ2) is 7.39. The first-order chi connectivity index (χ1) is 15.7. The first-order valence-corrected chi connectivity index (χ1v) is 10.8. The predicted molar refractivity (Wildman–Crippen MR) is 132 cm³/mol. The molecule has 0 aliphatic heterocycles. The average Bonchev–Trinajstić information content (AvgIpc) is 3.13. The Balaban J connectivity index is 1.52. The average molecular weight is 434 g/mol. The third-order valence-electron chi connectivity index (χ3n) is 5.67. The fraction of sp³-hybridized carbons (Fsp3) is 0.0370. The summed E-state index contributed by atoms with van der Waals surface area (Å²) < 4.78 is 8.37. The molecule has 32 heavy (non-hydrogen) atoms. The summed E-state index contributed by atoms with van der Waals surface area (Å²) >= 11 is 4.53. The fourth-order valence-electron chi connectivity index (χ4n) is 4.19. The van der Waals surface area contributed by atoms with E-state index >= 15 is 0 Å².